The van der Waals surface area contributed by atoms with Crippen LogP contribution in [0.5, 0.6) is 0 Å². The number of ether oxygens (including phenoxy) is 13. The third-order valence-corrected chi connectivity index (χ3v) is 21.3. The first kappa shape index (κ1) is 104. The van der Waals surface area contributed by atoms with E-state index in [9.17, 15) is 114 Å². The standard InChI is InChI=1S/C77H132N6O36/c1-42-64(97)66(99)56(37-84)116-74(42)112-29-25-108-21-7-11-49(90)14-15-53(73(106)79-20-24-111-27-30-113-75-43(2)65(98)67(100)57(38-85)117-75)83-72(105)47(35-50(91)9-6-10-51(92)36-48-33-46(41-107-5)34-55(48)94)13-17-61(96)82-52(54(93)12-8-22-109-26-31-114-76-62(80-44(3)88)70(103)68(101)58(39-86)118-76)16-18-60(95)78-19-23-110-28-32-115-77-63(81-45(4)89)71(104)69(102)59(40-87)119-77/h42-43,46-48,52-53,55-59,62-71,74-77,84-87,94,97-104H,6-41H2,1-5H3,(H,78,95)(H,79,106)(H,80,88)(H,81,89)(H,82,96)(H,83,105)/t42-,43-,46?,47?,48?,52?,53?,55?,56-,57-,58-,59-,62-,63-,64-,65-,66+,67+,68+,69+,70-,71-,74?,75?,76?,77?/m1/s1. The SMILES string of the molecule is COCC1CC(O)C(CC(=O)CCCC(=O)CC(CCC(=O)NC(CCC(=O)NCCOCCOC2O[C@H](CO)[C@H](O)[C@H](O)[C@H]2NC(C)=O)C(=O)CCCOCCOC2O[C@H](CO)[C@H](O)[C@H](O)[C@H]2NC(C)=O)C(=O)NC(CCC(=O)CCCOCCOC2O[C@H](CO)[C@H](O)[C@H](O)[C@H]2C)C(=O)NCCOCCOC2O[C@H](CO)[C@H](O)[C@H](O)[C@H]2C)C1. The van der Waals surface area contributed by atoms with Crippen LogP contribution in [0.3, 0.4) is 0 Å². The molecule has 0 spiro atoms. The van der Waals surface area contributed by atoms with Gasteiger partial charge in [-0.25, -0.2) is 0 Å². The predicted octanol–water partition coefficient (Wildman–Crippen LogP) is -6.86. The van der Waals surface area contributed by atoms with E-state index in [0.717, 1.165) is 0 Å². The molecule has 10 unspecified atom stereocenters. The summed E-state index contributed by atoms with van der Waals surface area (Å²) in [5.41, 5.74) is 0. The lowest BCUT2D eigenvalue weighted by molar-refractivity contribution is -0.284. The van der Waals surface area contributed by atoms with Crippen LogP contribution in [0.2, 0.25) is 0 Å². The number of hydrogen-bond donors (Lipinski definition) is 19. The quantitative estimate of drug-likeness (QED) is 0.0252. The Bertz CT molecular complexity index is 3020. The van der Waals surface area contributed by atoms with Crippen LogP contribution in [0.15, 0.2) is 0 Å². The highest BCUT2D eigenvalue weighted by Crippen LogP contribution is 2.35. The molecular weight excluding hydrogens is 1580 g/mol. The van der Waals surface area contributed by atoms with Gasteiger partial charge >= 0.3 is 0 Å². The van der Waals surface area contributed by atoms with Gasteiger partial charge < -0.3 is 160 Å². The summed E-state index contributed by atoms with van der Waals surface area (Å²) in [4.78, 5) is 135. The van der Waals surface area contributed by atoms with Gasteiger partial charge in [-0.1, -0.05) is 13.8 Å². The number of carbonyl (C=O) groups is 10. The molecule has 0 radical (unpaired) electrons. The Morgan fingerprint density at radius 3 is 1.33 bits per heavy atom. The number of aliphatic hydroxyl groups is 13. The van der Waals surface area contributed by atoms with Crippen LogP contribution in [0.4, 0.5) is 0 Å². The number of amides is 6. The van der Waals surface area contributed by atoms with E-state index in [2.05, 4.69) is 31.9 Å². The van der Waals surface area contributed by atoms with Crippen LogP contribution in [0.1, 0.15) is 137 Å². The molecule has 26 atom stereocenters. The number of methoxy groups -OCH3 is 1. The Kier molecular flexibility index (Phi) is 49.3. The Morgan fingerprint density at radius 1 is 0.412 bits per heavy atom. The Balaban J connectivity index is 1.27. The summed E-state index contributed by atoms with van der Waals surface area (Å²) in [6.07, 6.45) is -22.8. The van der Waals surface area contributed by atoms with Gasteiger partial charge in [0, 0.05) is 129 Å². The molecule has 119 heavy (non-hydrogen) atoms. The van der Waals surface area contributed by atoms with Gasteiger partial charge in [-0.2, -0.15) is 0 Å². The highest BCUT2D eigenvalue weighted by atomic mass is 16.7. The normalized spacial score (nSPS) is 30.3. The highest BCUT2D eigenvalue weighted by Gasteiger charge is 2.48. The Morgan fingerprint density at radius 2 is 0.840 bits per heavy atom. The van der Waals surface area contributed by atoms with Crippen molar-refractivity contribution in [1.82, 2.24) is 31.9 Å². The lowest BCUT2D eigenvalue weighted by atomic mass is 9.92. The molecule has 5 fully saturated rings. The minimum atomic E-state index is -1.57. The van der Waals surface area contributed by atoms with Crippen LogP contribution in [-0.2, 0) is 110 Å². The van der Waals surface area contributed by atoms with Gasteiger partial charge in [-0.15, -0.1) is 0 Å². The molecule has 0 aromatic heterocycles. The average Bonchev–Trinajstić information content (AvgIpc) is 1.33. The van der Waals surface area contributed by atoms with Crippen molar-refractivity contribution in [1.29, 1.82) is 0 Å². The molecule has 0 aromatic rings. The van der Waals surface area contributed by atoms with Crippen LogP contribution >= 0.6 is 0 Å². The second kappa shape index (κ2) is 56.4. The number of carbonyl (C=O) groups excluding carboxylic acids is 10. The third-order valence-electron chi connectivity index (χ3n) is 21.3. The third kappa shape index (κ3) is 36.3. The van der Waals surface area contributed by atoms with Gasteiger partial charge in [0.1, 0.15) is 96.5 Å². The van der Waals surface area contributed by atoms with Crippen LogP contribution < -0.4 is 31.9 Å². The molecule has 4 heterocycles. The molecule has 19 N–H and O–H groups in total. The smallest absolute Gasteiger partial charge is 0.242 e. The minimum Gasteiger partial charge on any atom is -0.394 e. The Hall–Kier alpha value is -5.54. The van der Waals surface area contributed by atoms with Gasteiger partial charge in [0.2, 0.25) is 35.4 Å². The fraction of sp³-hybridized carbons (Fsp3) is 0.870. The summed E-state index contributed by atoms with van der Waals surface area (Å²) in [5, 5.41) is 148. The van der Waals surface area contributed by atoms with Crippen molar-refractivity contribution in [3.8, 4) is 0 Å². The summed E-state index contributed by atoms with van der Waals surface area (Å²) in [6.45, 7) is 2.48. The fourth-order valence-electron chi connectivity index (χ4n) is 14.5. The first-order chi connectivity index (χ1) is 56.9. The fourth-order valence-corrected chi connectivity index (χ4v) is 14.5. The van der Waals surface area contributed by atoms with E-state index in [1.54, 1.807) is 21.0 Å². The number of aliphatic hydroxyl groups excluding tert-OH is 13. The van der Waals surface area contributed by atoms with Crippen LogP contribution in [-0.4, -0.2) is 386 Å². The van der Waals surface area contributed by atoms with E-state index >= 15 is 0 Å². The van der Waals surface area contributed by atoms with Crippen molar-refractivity contribution in [2.45, 2.75) is 266 Å². The zero-order valence-corrected chi connectivity index (χ0v) is 68.7. The zero-order valence-electron chi connectivity index (χ0n) is 68.7. The molecule has 686 valence electrons. The molecule has 6 amide bonds. The largest absolute Gasteiger partial charge is 0.394 e. The van der Waals surface area contributed by atoms with Gasteiger partial charge in [0.15, 0.2) is 30.9 Å². The first-order valence-corrected chi connectivity index (χ1v) is 41.1. The van der Waals surface area contributed by atoms with Crippen molar-refractivity contribution >= 4 is 58.6 Å². The Labute approximate surface area is 691 Å². The zero-order chi connectivity index (χ0) is 87.7. The maximum atomic E-state index is 14.8. The number of rotatable bonds is 60. The van der Waals surface area contributed by atoms with Crippen molar-refractivity contribution in [3.63, 3.8) is 0 Å². The maximum Gasteiger partial charge on any atom is 0.242 e. The minimum absolute atomic E-state index is 0.00489. The molecular formula is C77H132N6O36. The summed E-state index contributed by atoms with van der Waals surface area (Å²) in [7, 11) is 1.55. The van der Waals surface area contributed by atoms with Crippen molar-refractivity contribution in [2.75, 3.05) is 133 Å². The molecule has 1 aliphatic carbocycles. The second-order valence-corrected chi connectivity index (χ2v) is 30.7. The molecule has 5 aliphatic rings. The maximum absolute atomic E-state index is 14.8. The topological polar surface area (TPSA) is 626 Å². The monoisotopic (exact) mass is 1720 g/mol. The predicted molar refractivity (Wildman–Crippen MR) is 408 cm³/mol. The van der Waals surface area contributed by atoms with Gasteiger partial charge in [-0.3, -0.25) is 47.9 Å². The molecule has 4 saturated heterocycles. The summed E-state index contributed by atoms with van der Waals surface area (Å²) in [5.74, 6) is -8.63. The van der Waals surface area contributed by atoms with Crippen molar-refractivity contribution in [3.05, 3.63) is 0 Å². The lowest BCUT2D eigenvalue weighted by Gasteiger charge is -2.42. The average molecular weight is 1720 g/mol. The number of Topliss-reactive ketones (excluding diaryl/α,β-unsaturated/α-hetero) is 4. The molecule has 5 rings (SSSR count). The van der Waals surface area contributed by atoms with E-state index in [-0.39, 0.29) is 199 Å². The molecule has 42 heteroatoms. The second-order valence-electron chi connectivity index (χ2n) is 30.7. The van der Waals surface area contributed by atoms with E-state index in [4.69, 9.17) is 61.6 Å². The van der Waals surface area contributed by atoms with E-state index < -0.39 is 233 Å². The molecule has 42 nitrogen and oxygen atoms in total. The summed E-state index contributed by atoms with van der Waals surface area (Å²) >= 11 is 0. The summed E-state index contributed by atoms with van der Waals surface area (Å²) in [6, 6.07) is -5.20. The van der Waals surface area contributed by atoms with Crippen LogP contribution in [0.25, 0.3) is 0 Å². The van der Waals surface area contributed by atoms with E-state index in [1.165, 1.54) is 13.8 Å². The van der Waals surface area contributed by atoms with Crippen molar-refractivity contribution in [2.24, 2.45) is 29.6 Å². The van der Waals surface area contributed by atoms with Gasteiger partial charge in [-0.05, 0) is 63.2 Å². The van der Waals surface area contributed by atoms with Gasteiger partial charge in [0.25, 0.3) is 0 Å². The lowest BCUT2D eigenvalue weighted by Crippen LogP contribution is -2.64. The highest BCUT2D eigenvalue weighted by molar-refractivity contribution is 5.93. The van der Waals surface area contributed by atoms with Gasteiger partial charge in [0.05, 0.1) is 117 Å². The summed E-state index contributed by atoms with van der Waals surface area (Å²) < 4.78 is 72.9. The molecule has 0 bridgehead atoms. The first-order valence-electron chi connectivity index (χ1n) is 41.1. The number of nitrogens with one attached hydrogen (secondary N) is 6. The van der Waals surface area contributed by atoms with E-state index in [1.807, 2.05) is 0 Å². The number of ketones is 4. The molecule has 0 aromatic carbocycles. The van der Waals surface area contributed by atoms with Crippen LogP contribution in [0, 0.1) is 29.6 Å². The van der Waals surface area contributed by atoms with E-state index in [0.29, 0.717) is 19.4 Å². The van der Waals surface area contributed by atoms with Crippen molar-refractivity contribution < 1.29 is 176 Å². The number of hydrogen-bond acceptors (Lipinski definition) is 36. The molecule has 4 aliphatic heterocycles. The molecule has 1 saturated carbocycles.